The number of aliphatic hydroxyl groups is 1. The third-order valence-electron chi connectivity index (χ3n) is 5.09. The Morgan fingerprint density at radius 3 is 2.47 bits per heavy atom. The Hall–Kier alpha value is -0.120. The first kappa shape index (κ1) is 15.3. The summed E-state index contributed by atoms with van der Waals surface area (Å²) in [5.74, 6) is 1.34. The van der Waals surface area contributed by atoms with E-state index < -0.39 is 0 Å². The molecule has 0 radical (unpaired) electrons. The maximum Gasteiger partial charge on any atom is 0.0679 e. The Labute approximate surface area is 118 Å². The van der Waals surface area contributed by atoms with Gasteiger partial charge in [-0.2, -0.15) is 0 Å². The highest BCUT2D eigenvalue weighted by atomic mass is 16.5. The highest BCUT2D eigenvalue weighted by Gasteiger charge is 2.45. The molecule has 0 heterocycles. The van der Waals surface area contributed by atoms with Gasteiger partial charge in [0.25, 0.3) is 0 Å². The summed E-state index contributed by atoms with van der Waals surface area (Å²) in [6.45, 7) is 6.18. The van der Waals surface area contributed by atoms with Crippen LogP contribution in [0.4, 0.5) is 0 Å². The first-order valence-corrected chi connectivity index (χ1v) is 8.23. The molecule has 0 bridgehead atoms. The van der Waals surface area contributed by atoms with E-state index >= 15 is 0 Å². The van der Waals surface area contributed by atoms with Crippen molar-refractivity contribution in [1.29, 1.82) is 0 Å². The molecule has 0 saturated heterocycles. The minimum absolute atomic E-state index is 0.176. The number of aliphatic hydroxyl groups excluding tert-OH is 1. The molecule has 2 aliphatic carbocycles. The number of ether oxygens (including phenoxy) is 1. The third-order valence-corrected chi connectivity index (χ3v) is 5.09. The molecular formula is C16H31NO2. The fourth-order valence-electron chi connectivity index (χ4n) is 3.65. The van der Waals surface area contributed by atoms with Crippen LogP contribution in [0.15, 0.2) is 0 Å². The average molecular weight is 269 g/mol. The number of hydrogen-bond acceptors (Lipinski definition) is 3. The van der Waals surface area contributed by atoms with Crippen LogP contribution in [0, 0.1) is 11.8 Å². The Bertz CT molecular complexity index is 267. The highest BCUT2D eigenvalue weighted by Crippen LogP contribution is 2.40. The smallest absolute Gasteiger partial charge is 0.0679 e. The Kier molecular flexibility index (Phi) is 5.67. The van der Waals surface area contributed by atoms with Crippen LogP contribution in [0.1, 0.15) is 58.8 Å². The summed E-state index contributed by atoms with van der Waals surface area (Å²) < 4.78 is 6.27. The lowest BCUT2D eigenvalue weighted by Crippen LogP contribution is -2.55. The molecule has 0 aromatic heterocycles. The van der Waals surface area contributed by atoms with Crippen molar-refractivity contribution < 1.29 is 9.84 Å². The number of rotatable bonds is 8. The summed E-state index contributed by atoms with van der Waals surface area (Å²) >= 11 is 0. The second-order valence-electron chi connectivity index (χ2n) is 6.42. The minimum Gasteiger partial charge on any atom is -0.394 e. The lowest BCUT2D eigenvalue weighted by atomic mass is 9.84. The van der Waals surface area contributed by atoms with E-state index in [4.69, 9.17) is 4.74 Å². The molecule has 19 heavy (non-hydrogen) atoms. The van der Waals surface area contributed by atoms with Crippen molar-refractivity contribution in [2.75, 3.05) is 19.8 Å². The molecule has 0 aromatic carbocycles. The molecular weight excluding hydrogens is 238 g/mol. The number of hydrogen-bond donors (Lipinski definition) is 2. The largest absolute Gasteiger partial charge is 0.394 e. The van der Waals surface area contributed by atoms with Crippen LogP contribution in [-0.2, 0) is 4.74 Å². The molecule has 3 nitrogen and oxygen atoms in total. The zero-order valence-electron chi connectivity index (χ0n) is 12.7. The molecule has 0 aromatic rings. The monoisotopic (exact) mass is 269 g/mol. The summed E-state index contributed by atoms with van der Waals surface area (Å²) in [5, 5.41) is 13.3. The van der Waals surface area contributed by atoms with Gasteiger partial charge in [0.1, 0.15) is 0 Å². The molecule has 3 atom stereocenters. The predicted octanol–water partition coefficient (Wildman–Crippen LogP) is 2.72. The van der Waals surface area contributed by atoms with Gasteiger partial charge in [-0.1, -0.05) is 33.1 Å². The topological polar surface area (TPSA) is 41.5 Å². The molecule has 2 saturated carbocycles. The minimum atomic E-state index is -0.176. The number of nitrogens with one attached hydrogen (secondary N) is 1. The second kappa shape index (κ2) is 7.05. The lowest BCUT2D eigenvalue weighted by Gasteiger charge is -2.37. The van der Waals surface area contributed by atoms with E-state index in [9.17, 15) is 5.11 Å². The van der Waals surface area contributed by atoms with Gasteiger partial charge in [-0.25, -0.2) is 0 Å². The van der Waals surface area contributed by atoms with Crippen molar-refractivity contribution in [1.82, 2.24) is 5.32 Å². The molecule has 0 amide bonds. The quantitative estimate of drug-likeness (QED) is 0.712. The zero-order valence-corrected chi connectivity index (χ0v) is 12.7. The molecule has 0 aliphatic heterocycles. The average Bonchev–Trinajstić information content (AvgIpc) is 3.29. The van der Waals surface area contributed by atoms with Gasteiger partial charge in [0.2, 0.25) is 0 Å². The van der Waals surface area contributed by atoms with Gasteiger partial charge in [0.05, 0.1) is 24.9 Å². The summed E-state index contributed by atoms with van der Waals surface area (Å²) in [5.41, 5.74) is -0.176. The van der Waals surface area contributed by atoms with Gasteiger partial charge in [-0.3, -0.25) is 0 Å². The first-order valence-electron chi connectivity index (χ1n) is 8.23. The van der Waals surface area contributed by atoms with Crippen molar-refractivity contribution >= 4 is 0 Å². The Balaban J connectivity index is 1.90. The third kappa shape index (κ3) is 3.71. The van der Waals surface area contributed by atoms with Gasteiger partial charge in [-0.15, -0.1) is 0 Å². The number of likely N-dealkylation sites (N-methyl/N-ethyl adjacent to an activating group) is 1. The second-order valence-corrected chi connectivity index (χ2v) is 6.42. The predicted molar refractivity (Wildman–Crippen MR) is 78.2 cm³/mol. The van der Waals surface area contributed by atoms with E-state index in [2.05, 4.69) is 19.2 Å². The van der Waals surface area contributed by atoms with Crippen LogP contribution in [0.3, 0.4) is 0 Å². The first-order chi connectivity index (χ1) is 9.25. The van der Waals surface area contributed by atoms with E-state index in [1.54, 1.807) is 0 Å². The fourth-order valence-corrected chi connectivity index (χ4v) is 3.65. The molecule has 3 heteroatoms. The summed E-state index contributed by atoms with van der Waals surface area (Å²) in [6, 6.07) is 0. The Morgan fingerprint density at radius 1 is 1.16 bits per heavy atom. The van der Waals surface area contributed by atoms with Crippen LogP contribution in [-0.4, -0.2) is 36.5 Å². The molecule has 3 unspecified atom stereocenters. The van der Waals surface area contributed by atoms with E-state index in [1.165, 1.54) is 44.9 Å². The molecule has 2 fully saturated rings. The van der Waals surface area contributed by atoms with Crippen molar-refractivity contribution in [3.8, 4) is 0 Å². The lowest BCUT2D eigenvalue weighted by molar-refractivity contribution is -0.0563. The van der Waals surface area contributed by atoms with Crippen molar-refractivity contribution in [2.24, 2.45) is 11.8 Å². The normalized spacial score (nSPS) is 31.1. The molecule has 112 valence electrons. The zero-order chi connectivity index (χ0) is 13.7. The van der Waals surface area contributed by atoms with Crippen molar-refractivity contribution in [2.45, 2.75) is 70.4 Å². The summed E-state index contributed by atoms with van der Waals surface area (Å²) in [7, 11) is 0. The van der Waals surface area contributed by atoms with E-state index in [1.807, 2.05) is 0 Å². The highest BCUT2D eigenvalue weighted by molar-refractivity contribution is 5.01. The fraction of sp³-hybridized carbons (Fsp3) is 1.00. The maximum atomic E-state index is 9.83. The SMILES string of the molecule is CCNC(CO)(COC1CCCCC1CC)C1CC1. The van der Waals surface area contributed by atoms with Gasteiger partial charge in [-0.05, 0) is 44.1 Å². The van der Waals surface area contributed by atoms with Gasteiger partial charge < -0.3 is 15.2 Å². The van der Waals surface area contributed by atoms with Crippen LogP contribution in [0.5, 0.6) is 0 Å². The maximum absolute atomic E-state index is 9.83. The standard InChI is InChI=1S/C16H31NO2/c1-3-13-7-5-6-8-15(13)19-12-16(11-18,17-4-2)14-9-10-14/h13-15,17-18H,3-12H2,1-2H3. The molecule has 2 N–H and O–H groups in total. The van der Waals surface area contributed by atoms with E-state index in [0.29, 0.717) is 18.6 Å². The molecule has 2 rings (SSSR count). The van der Waals surface area contributed by atoms with E-state index in [0.717, 1.165) is 12.5 Å². The van der Waals surface area contributed by atoms with Gasteiger partial charge >= 0.3 is 0 Å². The van der Waals surface area contributed by atoms with E-state index in [-0.39, 0.29) is 12.1 Å². The van der Waals surface area contributed by atoms with Crippen LogP contribution in [0.25, 0.3) is 0 Å². The molecule has 0 spiro atoms. The van der Waals surface area contributed by atoms with Crippen LogP contribution < -0.4 is 5.32 Å². The summed E-state index contributed by atoms with van der Waals surface area (Å²) in [4.78, 5) is 0. The molecule has 2 aliphatic rings. The van der Waals surface area contributed by atoms with Gasteiger partial charge in [0.15, 0.2) is 0 Å². The summed E-state index contributed by atoms with van der Waals surface area (Å²) in [6.07, 6.45) is 9.30. The van der Waals surface area contributed by atoms with Crippen molar-refractivity contribution in [3.63, 3.8) is 0 Å². The Morgan fingerprint density at radius 2 is 1.89 bits per heavy atom. The van der Waals surface area contributed by atoms with Gasteiger partial charge in [0, 0.05) is 0 Å². The van der Waals surface area contributed by atoms with Crippen LogP contribution in [0.2, 0.25) is 0 Å². The van der Waals surface area contributed by atoms with Crippen LogP contribution >= 0.6 is 0 Å². The van der Waals surface area contributed by atoms with Crippen molar-refractivity contribution in [3.05, 3.63) is 0 Å².